The first-order chi connectivity index (χ1) is 14.0. The maximum atomic E-state index is 3.62. The molecule has 0 spiro atoms. The Bertz CT molecular complexity index is 650. The molecule has 2 rings (SSSR count). The topological polar surface area (TPSA) is 0 Å². The molecular formula is C30H50Cl2Zr. The summed E-state index contributed by atoms with van der Waals surface area (Å²) in [6, 6.07) is 0. The molecule has 0 fully saturated rings. The molecule has 0 atom stereocenters. The van der Waals surface area contributed by atoms with Crippen LogP contribution in [-0.2, 0) is 26.2 Å². The molecule has 0 aromatic heterocycles. The van der Waals surface area contributed by atoms with Crippen molar-refractivity contribution in [2.24, 2.45) is 22.7 Å². The van der Waals surface area contributed by atoms with Crippen molar-refractivity contribution < 1.29 is 51.0 Å². The first kappa shape index (κ1) is 38.0. The average Bonchev–Trinajstić information content (AvgIpc) is 3.22. The van der Waals surface area contributed by atoms with Crippen molar-refractivity contribution in [2.75, 3.05) is 0 Å². The van der Waals surface area contributed by atoms with Crippen LogP contribution in [0.2, 0.25) is 0 Å². The molecule has 0 saturated carbocycles. The normalized spacial score (nSPS) is 16.1. The quantitative estimate of drug-likeness (QED) is 0.388. The predicted octanol–water partition coefficient (Wildman–Crippen LogP) is 3.84. The summed E-state index contributed by atoms with van der Waals surface area (Å²) in [5.74, 6) is 1.41. The van der Waals surface area contributed by atoms with Gasteiger partial charge >= 0.3 is 26.2 Å². The number of hydrogen-bond acceptors (Lipinski definition) is 0. The molecule has 3 heteroatoms. The van der Waals surface area contributed by atoms with Crippen molar-refractivity contribution in [1.29, 1.82) is 0 Å². The zero-order valence-electron chi connectivity index (χ0n) is 23.7. The Hall–Kier alpha value is 0.423. The number of halogens is 2. The maximum absolute atomic E-state index is 3.62. The molecule has 188 valence electrons. The van der Waals surface area contributed by atoms with Gasteiger partial charge in [0.25, 0.3) is 0 Å². The molecule has 0 aromatic rings. The van der Waals surface area contributed by atoms with E-state index in [9.17, 15) is 0 Å². The predicted molar refractivity (Wildman–Crippen MR) is 135 cm³/mol. The fraction of sp³-hybridized carbons (Fsp3) is 0.733. The van der Waals surface area contributed by atoms with E-state index >= 15 is 0 Å². The molecule has 0 nitrogen and oxygen atoms in total. The second-order valence-corrected chi connectivity index (χ2v) is 10.3. The van der Waals surface area contributed by atoms with Crippen molar-refractivity contribution >= 4 is 0 Å². The van der Waals surface area contributed by atoms with Gasteiger partial charge in [-0.3, -0.25) is 12.2 Å². The Morgan fingerprint density at radius 2 is 0.848 bits per heavy atom. The van der Waals surface area contributed by atoms with Gasteiger partial charge < -0.3 is 24.8 Å². The van der Waals surface area contributed by atoms with E-state index in [1.165, 1.54) is 59.1 Å². The van der Waals surface area contributed by atoms with Gasteiger partial charge in [0, 0.05) is 0 Å². The monoisotopic (exact) mass is 570 g/mol. The van der Waals surface area contributed by atoms with Gasteiger partial charge in [-0.2, -0.15) is 22.3 Å². The molecule has 0 aliphatic heterocycles. The molecule has 2 aliphatic carbocycles. The van der Waals surface area contributed by atoms with Crippen molar-refractivity contribution in [3.05, 3.63) is 45.6 Å². The smallest absolute Gasteiger partial charge is 1.00 e. The van der Waals surface area contributed by atoms with Crippen molar-refractivity contribution in [1.82, 2.24) is 0 Å². The molecule has 33 heavy (non-hydrogen) atoms. The van der Waals surface area contributed by atoms with Crippen molar-refractivity contribution in [3.8, 4) is 0 Å². The summed E-state index contributed by atoms with van der Waals surface area (Å²) in [6.07, 6.45) is 14.3. The number of rotatable bonds is 8. The minimum Gasteiger partial charge on any atom is -1.00 e. The zero-order chi connectivity index (χ0) is 23.3. The van der Waals surface area contributed by atoms with Crippen LogP contribution in [-0.4, -0.2) is 0 Å². The van der Waals surface area contributed by atoms with Crippen LogP contribution in [0.15, 0.2) is 33.4 Å². The van der Waals surface area contributed by atoms with E-state index in [1.54, 1.807) is 0 Å². The molecule has 0 radical (unpaired) electrons. The van der Waals surface area contributed by atoms with Gasteiger partial charge in [-0.1, -0.05) is 69.2 Å². The minimum atomic E-state index is 0. The van der Waals surface area contributed by atoms with Crippen LogP contribution >= 0.6 is 0 Å². The van der Waals surface area contributed by atoms with Crippen LogP contribution in [0, 0.1) is 34.8 Å². The van der Waals surface area contributed by atoms with Crippen LogP contribution in [0.3, 0.4) is 0 Å². The third kappa shape index (κ3) is 7.70. The molecule has 0 saturated heterocycles. The first-order valence-electron chi connectivity index (χ1n) is 12.5. The van der Waals surface area contributed by atoms with Crippen LogP contribution in [0.1, 0.15) is 122 Å². The molecular weight excluding hydrogens is 522 g/mol. The van der Waals surface area contributed by atoms with Gasteiger partial charge in [-0.05, 0) is 48.3 Å². The van der Waals surface area contributed by atoms with Crippen LogP contribution in [0.5, 0.6) is 0 Å². The van der Waals surface area contributed by atoms with Gasteiger partial charge in [0.15, 0.2) is 0 Å². The average molecular weight is 573 g/mol. The summed E-state index contributed by atoms with van der Waals surface area (Å²) in [6.45, 7) is 27.7. The Morgan fingerprint density at radius 3 is 0.970 bits per heavy atom. The van der Waals surface area contributed by atoms with E-state index < -0.39 is 0 Å². The van der Waals surface area contributed by atoms with Gasteiger partial charge in [-0.15, -0.1) is 26.7 Å². The van der Waals surface area contributed by atoms with Crippen molar-refractivity contribution in [2.45, 2.75) is 122 Å². The van der Waals surface area contributed by atoms with Crippen LogP contribution in [0.4, 0.5) is 0 Å². The van der Waals surface area contributed by atoms with Crippen LogP contribution < -0.4 is 24.8 Å². The van der Waals surface area contributed by atoms with Crippen molar-refractivity contribution in [3.63, 3.8) is 0 Å². The molecule has 0 N–H and O–H groups in total. The molecule has 0 bridgehead atoms. The van der Waals surface area contributed by atoms with E-state index in [-0.39, 0.29) is 51.0 Å². The molecule has 0 amide bonds. The number of allylic oxidation sites excluding steroid dienone is 8. The van der Waals surface area contributed by atoms with E-state index in [2.05, 4.69) is 95.2 Å². The second-order valence-electron chi connectivity index (χ2n) is 10.3. The molecule has 0 heterocycles. The molecule has 0 aromatic carbocycles. The third-order valence-electron chi connectivity index (χ3n) is 8.82. The first-order valence-corrected chi connectivity index (χ1v) is 12.5. The Labute approximate surface area is 239 Å². The third-order valence-corrected chi connectivity index (χ3v) is 8.82. The van der Waals surface area contributed by atoms with Gasteiger partial charge in [-0.25, -0.2) is 11.1 Å². The summed E-state index contributed by atoms with van der Waals surface area (Å²) in [5, 5.41) is 0. The van der Waals surface area contributed by atoms with E-state index in [1.807, 2.05) is 0 Å². The second kappa shape index (κ2) is 16.2. The Morgan fingerprint density at radius 1 is 0.606 bits per heavy atom. The molecule has 0 unspecified atom stereocenters. The summed E-state index contributed by atoms with van der Waals surface area (Å²) >= 11 is 0. The molecule has 2 aliphatic rings. The Balaban J connectivity index is -0.000000500. The summed E-state index contributed by atoms with van der Waals surface area (Å²) in [7, 11) is 0. The van der Waals surface area contributed by atoms with E-state index in [0.29, 0.717) is 22.7 Å². The SMILES string of the molecule is CCC(CC)(C1=[C-]CC(C)=C1C)C(C)C.CCC(CC)(C1=[C-]CC(C)=C1C)C(C)C.[Cl-].[Cl-].[Zr+4]. The maximum Gasteiger partial charge on any atom is 4.00 e. The van der Waals surface area contributed by atoms with Gasteiger partial charge in [0.1, 0.15) is 0 Å². The van der Waals surface area contributed by atoms with Crippen LogP contribution in [0.25, 0.3) is 0 Å². The fourth-order valence-electron chi connectivity index (χ4n) is 5.92. The Kier molecular flexibility index (Phi) is 18.7. The minimum absolute atomic E-state index is 0. The van der Waals surface area contributed by atoms with E-state index in [4.69, 9.17) is 0 Å². The fourth-order valence-corrected chi connectivity index (χ4v) is 5.92. The number of hydrogen-bond donors (Lipinski definition) is 0. The zero-order valence-corrected chi connectivity index (χ0v) is 27.6. The standard InChI is InChI=1S/2C15H25.2ClH.Zr/c2*1-7-15(8-2,11(3)4)14-10-9-12(5)13(14)6;;;/h2*11H,7-9H2,1-6H3;2*1H;/q2*-1;;;+4/p-2. The summed E-state index contributed by atoms with van der Waals surface area (Å²) < 4.78 is 0. The van der Waals surface area contributed by atoms with Gasteiger partial charge in [0.2, 0.25) is 0 Å². The summed E-state index contributed by atoms with van der Waals surface area (Å²) in [5.41, 5.74) is 9.79. The summed E-state index contributed by atoms with van der Waals surface area (Å²) in [4.78, 5) is 0. The van der Waals surface area contributed by atoms with E-state index in [0.717, 1.165) is 12.8 Å². The van der Waals surface area contributed by atoms with Gasteiger partial charge in [0.05, 0.1) is 0 Å². The largest absolute Gasteiger partial charge is 4.00 e.